The normalized spacial score (nSPS) is 9.85. The van der Waals surface area contributed by atoms with Gasteiger partial charge >= 0.3 is 11.9 Å². The van der Waals surface area contributed by atoms with E-state index in [1.54, 1.807) is 0 Å². The highest BCUT2D eigenvalue weighted by Gasteiger charge is 1.97. The minimum atomic E-state index is -0.921. The van der Waals surface area contributed by atoms with Gasteiger partial charge in [0.2, 0.25) is 0 Å². The van der Waals surface area contributed by atoms with E-state index in [1.807, 2.05) is 0 Å². The van der Waals surface area contributed by atoms with E-state index in [0.29, 0.717) is 0 Å². The summed E-state index contributed by atoms with van der Waals surface area (Å²) in [5.41, 5.74) is 0. The number of carboxylic acid groups (broad SMARTS) is 1. The molecule has 0 bridgehead atoms. The largest absolute Gasteiger partial charge is 0.481 e. The van der Waals surface area contributed by atoms with E-state index in [4.69, 9.17) is 5.11 Å². The molecule has 0 aliphatic rings. The van der Waals surface area contributed by atoms with Crippen LogP contribution in [0.3, 0.4) is 0 Å². The number of hydrogen-bond donors (Lipinski definition) is 1. The van der Waals surface area contributed by atoms with Gasteiger partial charge in [0.1, 0.15) is 6.61 Å². The topological polar surface area (TPSA) is 63.6 Å². The summed E-state index contributed by atoms with van der Waals surface area (Å²) in [5, 5.41) is 8.24. The summed E-state index contributed by atoms with van der Waals surface area (Å²) in [6.45, 7) is 3.57. The zero-order valence-corrected chi connectivity index (χ0v) is 7.23. The Kier molecular flexibility index (Phi) is 6.23. The SMILES string of the molecule is C=CCOC(=O)CC=CCC(=O)O. The van der Waals surface area contributed by atoms with Crippen LogP contribution < -0.4 is 0 Å². The van der Waals surface area contributed by atoms with Gasteiger partial charge in [0.05, 0.1) is 12.8 Å². The minimum absolute atomic E-state index is 0.0747. The molecule has 0 aromatic carbocycles. The van der Waals surface area contributed by atoms with Crippen molar-refractivity contribution < 1.29 is 19.4 Å². The van der Waals surface area contributed by atoms with Gasteiger partial charge in [-0.1, -0.05) is 24.8 Å². The molecule has 0 radical (unpaired) electrons. The van der Waals surface area contributed by atoms with Gasteiger partial charge < -0.3 is 9.84 Å². The first kappa shape index (κ1) is 11.4. The van der Waals surface area contributed by atoms with E-state index in [-0.39, 0.29) is 25.4 Å². The summed E-state index contributed by atoms with van der Waals surface area (Å²) in [4.78, 5) is 20.8. The molecule has 0 fully saturated rings. The second-order valence-electron chi connectivity index (χ2n) is 2.25. The number of hydrogen-bond acceptors (Lipinski definition) is 3. The van der Waals surface area contributed by atoms with Crippen molar-refractivity contribution >= 4 is 11.9 Å². The molecule has 0 aliphatic carbocycles. The van der Waals surface area contributed by atoms with Crippen molar-refractivity contribution in [1.82, 2.24) is 0 Å². The fourth-order valence-electron chi connectivity index (χ4n) is 0.575. The molecule has 0 atom stereocenters. The van der Waals surface area contributed by atoms with Crippen LogP contribution in [0.4, 0.5) is 0 Å². The third kappa shape index (κ3) is 8.33. The Morgan fingerprint density at radius 3 is 2.46 bits per heavy atom. The maximum Gasteiger partial charge on any atom is 0.309 e. The van der Waals surface area contributed by atoms with Crippen LogP contribution in [0.15, 0.2) is 24.8 Å². The lowest BCUT2D eigenvalue weighted by atomic mass is 10.3. The van der Waals surface area contributed by atoms with Crippen LogP contribution in [0.1, 0.15) is 12.8 Å². The van der Waals surface area contributed by atoms with Gasteiger partial charge in [0, 0.05) is 0 Å². The first-order chi connectivity index (χ1) is 6.16. The second kappa shape index (κ2) is 7.09. The molecule has 13 heavy (non-hydrogen) atoms. The molecule has 0 heterocycles. The molecule has 0 amide bonds. The molecule has 4 nitrogen and oxygen atoms in total. The molecule has 1 N–H and O–H groups in total. The number of carbonyl (C=O) groups is 2. The van der Waals surface area contributed by atoms with E-state index >= 15 is 0 Å². The Hall–Kier alpha value is -1.58. The first-order valence-electron chi connectivity index (χ1n) is 3.80. The zero-order valence-electron chi connectivity index (χ0n) is 7.23. The Labute approximate surface area is 76.5 Å². The molecule has 0 saturated heterocycles. The highest BCUT2D eigenvalue weighted by Crippen LogP contribution is 1.91. The standard InChI is InChI=1S/C9H12O4/c1-2-7-13-9(12)6-4-3-5-8(10)11/h2-4H,1,5-7H2,(H,10,11). The highest BCUT2D eigenvalue weighted by molar-refractivity contribution is 5.72. The molecule has 0 aliphatic heterocycles. The molecule has 0 spiro atoms. The molecular formula is C9H12O4. The second-order valence-corrected chi connectivity index (χ2v) is 2.25. The van der Waals surface area contributed by atoms with Crippen molar-refractivity contribution in [2.45, 2.75) is 12.8 Å². The molecule has 0 saturated carbocycles. The summed E-state index contributed by atoms with van der Waals surface area (Å²) < 4.78 is 4.64. The zero-order chi connectivity index (χ0) is 10.1. The number of rotatable bonds is 6. The van der Waals surface area contributed by atoms with Gasteiger partial charge in [-0.2, -0.15) is 0 Å². The van der Waals surface area contributed by atoms with E-state index < -0.39 is 5.97 Å². The lowest BCUT2D eigenvalue weighted by Gasteiger charge is -1.96. The number of esters is 1. The average molecular weight is 184 g/mol. The van der Waals surface area contributed by atoms with Gasteiger partial charge in [-0.05, 0) is 0 Å². The molecule has 72 valence electrons. The van der Waals surface area contributed by atoms with Crippen LogP contribution in [0, 0.1) is 0 Å². The maximum atomic E-state index is 10.8. The van der Waals surface area contributed by atoms with E-state index in [1.165, 1.54) is 18.2 Å². The van der Waals surface area contributed by atoms with Crippen molar-refractivity contribution in [3.63, 3.8) is 0 Å². The van der Waals surface area contributed by atoms with Gasteiger partial charge in [-0.15, -0.1) is 0 Å². The smallest absolute Gasteiger partial charge is 0.309 e. The Bertz CT molecular complexity index is 218. The third-order valence-corrected chi connectivity index (χ3v) is 1.11. The fraction of sp³-hybridized carbons (Fsp3) is 0.333. The van der Waals surface area contributed by atoms with Crippen molar-refractivity contribution in [3.8, 4) is 0 Å². The van der Waals surface area contributed by atoms with E-state index in [2.05, 4.69) is 11.3 Å². The van der Waals surface area contributed by atoms with Gasteiger partial charge in [0.15, 0.2) is 0 Å². The van der Waals surface area contributed by atoms with Crippen molar-refractivity contribution in [1.29, 1.82) is 0 Å². The van der Waals surface area contributed by atoms with Crippen molar-refractivity contribution in [2.24, 2.45) is 0 Å². The summed E-state index contributed by atoms with van der Waals surface area (Å²) >= 11 is 0. The lowest BCUT2D eigenvalue weighted by Crippen LogP contribution is -2.02. The van der Waals surface area contributed by atoms with Crippen LogP contribution in [-0.4, -0.2) is 23.7 Å². The summed E-state index contributed by atoms with van der Waals surface area (Å²) in [7, 11) is 0. The third-order valence-electron chi connectivity index (χ3n) is 1.11. The van der Waals surface area contributed by atoms with Crippen LogP contribution in [-0.2, 0) is 14.3 Å². The van der Waals surface area contributed by atoms with E-state index in [9.17, 15) is 9.59 Å². The highest BCUT2D eigenvalue weighted by atomic mass is 16.5. The monoisotopic (exact) mass is 184 g/mol. The summed E-state index contributed by atoms with van der Waals surface area (Å²) in [5.74, 6) is -1.31. The summed E-state index contributed by atoms with van der Waals surface area (Å²) in [6.07, 6.45) is 4.38. The van der Waals surface area contributed by atoms with Crippen LogP contribution in [0.25, 0.3) is 0 Å². The molecule has 0 rings (SSSR count). The number of carbonyl (C=O) groups excluding carboxylic acids is 1. The predicted molar refractivity (Wildman–Crippen MR) is 47.2 cm³/mol. The average Bonchev–Trinajstić information content (AvgIpc) is 2.08. The molecule has 0 aromatic rings. The molecule has 4 heteroatoms. The molecular weight excluding hydrogens is 172 g/mol. The lowest BCUT2D eigenvalue weighted by molar-refractivity contribution is -0.141. The van der Waals surface area contributed by atoms with Crippen molar-refractivity contribution in [2.75, 3.05) is 6.61 Å². The summed E-state index contributed by atoms with van der Waals surface area (Å²) in [6, 6.07) is 0. The van der Waals surface area contributed by atoms with Gasteiger partial charge in [0.25, 0.3) is 0 Å². The maximum absolute atomic E-state index is 10.8. The van der Waals surface area contributed by atoms with Crippen LogP contribution in [0.2, 0.25) is 0 Å². The molecule has 0 aromatic heterocycles. The number of ether oxygens (including phenoxy) is 1. The Balaban J connectivity index is 3.51. The first-order valence-corrected chi connectivity index (χ1v) is 3.80. The molecule has 0 unspecified atom stereocenters. The fourth-order valence-corrected chi connectivity index (χ4v) is 0.575. The van der Waals surface area contributed by atoms with Gasteiger partial charge in [-0.25, -0.2) is 0 Å². The predicted octanol–water partition coefficient (Wildman–Crippen LogP) is 1.14. The van der Waals surface area contributed by atoms with Gasteiger partial charge in [-0.3, -0.25) is 9.59 Å². The number of carboxylic acids is 1. The van der Waals surface area contributed by atoms with Crippen molar-refractivity contribution in [3.05, 3.63) is 24.8 Å². The van der Waals surface area contributed by atoms with Crippen LogP contribution in [0.5, 0.6) is 0 Å². The number of aliphatic carboxylic acids is 1. The quantitative estimate of drug-likeness (QED) is 0.496. The Morgan fingerprint density at radius 1 is 1.31 bits per heavy atom. The van der Waals surface area contributed by atoms with E-state index in [0.717, 1.165) is 0 Å². The Morgan fingerprint density at radius 2 is 1.92 bits per heavy atom. The minimum Gasteiger partial charge on any atom is -0.481 e. The van der Waals surface area contributed by atoms with Crippen LogP contribution >= 0.6 is 0 Å².